The first-order chi connectivity index (χ1) is 12.5. The molecule has 0 radical (unpaired) electrons. The lowest BCUT2D eigenvalue weighted by Gasteiger charge is -2.15. The third-order valence-electron chi connectivity index (χ3n) is 4.38. The van der Waals surface area contributed by atoms with Crippen molar-refractivity contribution < 1.29 is 14.3 Å². The summed E-state index contributed by atoms with van der Waals surface area (Å²) < 4.78 is 10.6. The van der Waals surface area contributed by atoms with Gasteiger partial charge in [0.05, 0.1) is 30.9 Å². The Morgan fingerprint density at radius 2 is 1.92 bits per heavy atom. The van der Waals surface area contributed by atoms with Crippen LogP contribution in [0.5, 0.6) is 5.75 Å². The summed E-state index contributed by atoms with van der Waals surface area (Å²) in [6, 6.07) is 7.65. The number of pyridine rings is 1. The number of ether oxygens (including phenoxy) is 2. The summed E-state index contributed by atoms with van der Waals surface area (Å²) in [4.78, 5) is 19.5. The van der Waals surface area contributed by atoms with Gasteiger partial charge in [-0.15, -0.1) is 22.9 Å². The molecule has 1 aromatic carbocycles. The average molecular weight is 390 g/mol. The maximum absolute atomic E-state index is 12.8. The number of alkyl halides is 1. The van der Waals surface area contributed by atoms with Crippen LogP contribution in [0.2, 0.25) is 0 Å². The molecule has 0 bridgehead atoms. The molecule has 6 heteroatoms. The summed E-state index contributed by atoms with van der Waals surface area (Å²) in [6.45, 7) is 6.20. The summed E-state index contributed by atoms with van der Waals surface area (Å²) in [5.74, 6) is 0.502. The third kappa shape index (κ3) is 3.17. The van der Waals surface area contributed by atoms with Crippen molar-refractivity contribution in [1.82, 2.24) is 4.98 Å². The summed E-state index contributed by atoms with van der Waals surface area (Å²) in [6.07, 6.45) is 0. The molecule has 26 heavy (non-hydrogen) atoms. The van der Waals surface area contributed by atoms with Crippen molar-refractivity contribution in [2.75, 3.05) is 13.7 Å². The predicted molar refractivity (Wildman–Crippen MR) is 107 cm³/mol. The Kier molecular flexibility index (Phi) is 5.49. The van der Waals surface area contributed by atoms with Gasteiger partial charge in [0.25, 0.3) is 0 Å². The molecule has 0 aliphatic rings. The number of rotatable bonds is 5. The summed E-state index contributed by atoms with van der Waals surface area (Å²) in [5, 5.41) is 0.981. The molecular weight excluding hydrogens is 370 g/mol. The minimum atomic E-state index is -0.397. The van der Waals surface area contributed by atoms with Crippen molar-refractivity contribution in [1.29, 1.82) is 0 Å². The molecular formula is C20H20ClNO3S. The number of hydrogen-bond donors (Lipinski definition) is 0. The van der Waals surface area contributed by atoms with Crippen molar-refractivity contribution in [3.8, 4) is 16.9 Å². The minimum absolute atomic E-state index is 0.142. The van der Waals surface area contributed by atoms with Gasteiger partial charge in [-0.1, -0.05) is 12.1 Å². The highest BCUT2D eigenvalue weighted by atomic mass is 35.5. The number of aromatic nitrogens is 1. The van der Waals surface area contributed by atoms with E-state index < -0.39 is 5.97 Å². The fourth-order valence-electron chi connectivity index (χ4n) is 3.00. The zero-order valence-electron chi connectivity index (χ0n) is 15.2. The first-order valence-electron chi connectivity index (χ1n) is 8.31. The molecule has 0 aliphatic carbocycles. The third-order valence-corrected chi connectivity index (χ3v) is 5.73. The summed E-state index contributed by atoms with van der Waals surface area (Å²) >= 11 is 7.76. The van der Waals surface area contributed by atoms with E-state index in [-0.39, 0.29) is 5.88 Å². The second-order valence-electron chi connectivity index (χ2n) is 5.85. The van der Waals surface area contributed by atoms with Crippen LogP contribution < -0.4 is 4.74 Å². The molecule has 4 nitrogen and oxygen atoms in total. The lowest BCUT2D eigenvalue weighted by atomic mass is 9.94. The molecule has 3 rings (SSSR count). The van der Waals surface area contributed by atoms with Crippen molar-refractivity contribution >= 4 is 39.1 Å². The van der Waals surface area contributed by atoms with E-state index in [9.17, 15) is 4.79 Å². The smallest absolute Gasteiger partial charge is 0.340 e. The Morgan fingerprint density at radius 3 is 2.50 bits per heavy atom. The molecule has 0 atom stereocenters. The van der Waals surface area contributed by atoms with Crippen LogP contribution in [0, 0.1) is 13.8 Å². The zero-order chi connectivity index (χ0) is 18.8. The van der Waals surface area contributed by atoms with Crippen LogP contribution in [0.4, 0.5) is 0 Å². The number of benzene rings is 1. The van der Waals surface area contributed by atoms with Gasteiger partial charge in [0.1, 0.15) is 10.6 Å². The van der Waals surface area contributed by atoms with E-state index in [1.807, 2.05) is 24.3 Å². The van der Waals surface area contributed by atoms with Crippen LogP contribution >= 0.6 is 22.9 Å². The lowest BCUT2D eigenvalue weighted by molar-refractivity contribution is 0.0526. The van der Waals surface area contributed by atoms with E-state index >= 15 is 0 Å². The summed E-state index contributed by atoms with van der Waals surface area (Å²) in [5.41, 5.74) is 3.85. The number of carbonyl (C=O) groups is 1. The molecule has 0 saturated carbocycles. The Hall–Kier alpha value is -2.11. The highest BCUT2D eigenvalue weighted by Crippen LogP contribution is 2.40. The SMILES string of the molecule is CCOC(=O)c1c(CCl)nc2sc(C)c(C)c2c1-c1ccc(OC)cc1. The number of halogens is 1. The number of fused-ring (bicyclic) bond motifs is 1. The number of methoxy groups -OCH3 is 1. The van der Waals surface area contributed by atoms with Crippen molar-refractivity contribution in [3.05, 3.63) is 46.0 Å². The molecule has 0 N–H and O–H groups in total. The van der Waals surface area contributed by atoms with Gasteiger partial charge < -0.3 is 9.47 Å². The number of carbonyl (C=O) groups excluding carboxylic acids is 1. The molecule has 0 aliphatic heterocycles. The van der Waals surface area contributed by atoms with E-state index in [1.54, 1.807) is 25.4 Å². The Labute approximate surface area is 161 Å². The van der Waals surface area contributed by atoms with Crippen LogP contribution in [0.15, 0.2) is 24.3 Å². The molecule has 0 spiro atoms. The summed E-state index contributed by atoms with van der Waals surface area (Å²) in [7, 11) is 1.63. The van der Waals surface area contributed by atoms with Gasteiger partial charge in [0.2, 0.25) is 0 Å². The number of hydrogen-bond acceptors (Lipinski definition) is 5. The normalized spacial score (nSPS) is 11.0. The fourth-order valence-corrected chi connectivity index (χ4v) is 4.25. The highest BCUT2D eigenvalue weighted by molar-refractivity contribution is 7.18. The van der Waals surface area contributed by atoms with Gasteiger partial charge in [-0.05, 0) is 44.0 Å². The van der Waals surface area contributed by atoms with Crippen LogP contribution in [0.25, 0.3) is 21.3 Å². The van der Waals surface area contributed by atoms with Gasteiger partial charge in [0, 0.05) is 15.8 Å². The second-order valence-corrected chi connectivity index (χ2v) is 7.32. The van der Waals surface area contributed by atoms with E-state index in [0.717, 1.165) is 32.7 Å². The van der Waals surface area contributed by atoms with Crippen molar-refractivity contribution in [2.24, 2.45) is 0 Å². The quantitative estimate of drug-likeness (QED) is 0.426. The molecule has 2 aromatic heterocycles. The molecule has 0 amide bonds. The Balaban J connectivity index is 2.40. The first kappa shape index (κ1) is 18.7. The molecule has 2 heterocycles. The fraction of sp³-hybridized carbons (Fsp3) is 0.300. The maximum atomic E-state index is 12.8. The van der Waals surface area contributed by atoms with Crippen LogP contribution in [0.1, 0.15) is 33.4 Å². The minimum Gasteiger partial charge on any atom is -0.497 e. The number of esters is 1. The largest absolute Gasteiger partial charge is 0.497 e. The van der Waals surface area contributed by atoms with E-state index in [4.69, 9.17) is 21.1 Å². The molecule has 0 saturated heterocycles. The molecule has 136 valence electrons. The van der Waals surface area contributed by atoms with Gasteiger partial charge in [-0.3, -0.25) is 0 Å². The van der Waals surface area contributed by atoms with E-state index in [1.165, 1.54) is 4.88 Å². The number of aryl methyl sites for hydroxylation is 2. The standard InChI is InChI=1S/C20H20ClNO3S/c1-5-25-20(23)18-15(10-21)22-19-16(11(2)12(3)26-19)17(18)13-6-8-14(24-4)9-7-13/h6-9H,5,10H2,1-4H3. The molecule has 0 fully saturated rings. The first-order valence-corrected chi connectivity index (χ1v) is 9.67. The number of thiophene rings is 1. The topological polar surface area (TPSA) is 48.4 Å². The number of nitrogens with zero attached hydrogens (tertiary/aromatic N) is 1. The van der Waals surface area contributed by atoms with Crippen LogP contribution in [0.3, 0.4) is 0 Å². The monoisotopic (exact) mass is 389 g/mol. The zero-order valence-corrected chi connectivity index (χ0v) is 16.8. The Bertz CT molecular complexity index is 964. The van der Waals surface area contributed by atoms with Crippen molar-refractivity contribution in [2.45, 2.75) is 26.7 Å². The van der Waals surface area contributed by atoms with Crippen LogP contribution in [-0.2, 0) is 10.6 Å². The van der Waals surface area contributed by atoms with Crippen LogP contribution in [-0.4, -0.2) is 24.7 Å². The highest BCUT2D eigenvalue weighted by Gasteiger charge is 2.25. The molecule has 0 unspecified atom stereocenters. The van der Waals surface area contributed by atoms with Gasteiger partial charge in [0.15, 0.2) is 0 Å². The Morgan fingerprint density at radius 1 is 1.23 bits per heavy atom. The van der Waals surface area contributed by atoms with E-state index in [2.05, 4.69) is 18.8 Å². The average Bonchev–Trinajstić information content (AvgIpc) is 2.94. The lowest BCUT2D eigenvalue weighted by Crippen LogP contribution is -2.11. The van der Waals surface area contributed by atoms with Gasteiger partial charge in [-0.25, -0.2) is 9.78 Å². The van der Waals surface area contributed by atoms with Gasteiger partial charge >= 0.3 is 5.97 Å². The van der Waals surface area contributed by atoms with Crippen molar-refractivity contribution in [3.63, 3.8) is 0 Å². The van der Waals surface area contributed by atoms with Gasteiger partial charge in [-0.2, -0.15) is 0 Å². The maximum Gasteiger partial charge on any atom is 0.340 e. The van der Waals surface area contributed by atoms with E-state index in [0.29, 0.717) is 17.9 Å². The molecule has 3 aromatic rings. The predicted octanol–water partition coefficient (Wildman–Crippen LogP) is 5.50. The second kappa shape index (κ2) is 7.64.